The van der Waals surface area contributed by atoms with Gasteiger partial charge in [-0.1, -0.05) is 29.8 Å². The van der Waals surface area contributed by atoms with Crippen LogP contribution in [0.5, 0.6) is 11.5 Å². The lowest BCUT2D eigenvalue weighted by molar-refractivity contribution is -0.180. The monoisotopic (exact) mass is 354 g/mol. The fraction of sp³-hybridized carbons (Fsp3) is 0.222. The summed E-state index contributed by atoms with van der Waals surface area (Å²) in [6.45, 7) is 0. The van der Waals surface area contributed by atoms with E-state index in [4.69, 9.17) is 21.1 Å². The third-order valence-corrected chi connectivity index (χ3v) is 4.11. The summed E-state index contributed by atoms with van der Waals surface area (Å²) in [6.07, 6.45) is -3.51. The van der Waals surface area contributed by atoms with Gasteiger partial charge < -0.3 is 9.47 Å². The van der Waals surface area contributed by atoms with Gasteiger partial charge in [-0.2, -0.15) is 13.2 Å². The highest BCUT2D eigenvalue weighted by Crippen LogP contribution is 2.36. The van der Waals surface area contributed by atoms with Crippen molar-refractivity contribution in [2.24, 2.45) is 0 Å². The Hall–Kier alpha value is -2.14. The molecule has 0 N–H and O–H groups in total. The molecule has 1 aliphatic heterocycles. The van der Waals surface area contributed by atoms with E-state index in [9.17, 15) is 13.2 Å². The molecule has 1 atom stereocenters. The summed E-state index contributed by atoms with van der Waals surface area (Å²) in [6, 6.07) is 10.6. The van der Waals surface area contributed by atoms with Crippen molar-refractivity contribution in [3.8, 4) is 11.5 Å². The number of hydrogen-bond acceptors (Lipinski definition) is 2. The molecule has 3 rings (SSSR count). The van der Waals surface area contributed by atoms with E-state index in [0.717, 1.165) is 17.4 Å². The van der Waals surface area contributed by atoms with Crippen LogP contribution >= 0.6 is 11.6 Å². The van der Waals surface area contributed by atoms with Crippen LogP contribution in [0, 0.1) is 0 Å². The molecule has 1 heterocycles. The molecule has 0 fully saturated rings. The summed E-state index contributed by atoms with van der Waals surface area (Å²) in [4.78, 5) is 0. The third kappa shape index (κ3) is 3.51. The summed E-state index contributed by atoms with van der Waals surface area (Å²) in [5.74, 6) is 0.921. The van der Waals surface area contributed by atoms with E-state index in [-0.39, 0.29) is 5.75 Å². The Morgan fingerprint density at radius 2 is 1.88 bits per heavy atom. The lowest BCUT2D eigenvalue weighted by Crippen LogP contribution is -2.33. The van der Waals surface area contributed by atoms with Gasteiger partial charge in [0.1, 0.15) is 11.5 Å². The lowest BCUT2D eigenvalue weighted by Gasteiger charge is -2.24. The molecule has 24 heavy (non-hydrogen) atoms. The Morgan fingerprint density at radius 1 is 1.17 bits per heavy atom. The number of methoxy groups -OCH3 is 1. The molecule has 0 aliphatic carbocycles. The molecule has 0 amide bonds. The van der Waals surface area contributed by atoms with Crippen molar-refractivity contribution >= 4 is 17.7 Å². The highest BCUT2D eigenvalue weighted by atomic mass is 35.5. The molecule has 2 aromatic rings. The summed E-state index contributed by atoms with van der Waals surface area (Å²) in [5.41, 5.74) is 2.21. The predicted octanol–water partition coefficient (Wildman–Crippen LogP) is 5.28. The van der Waals surface area contributed by atoms with Crippen LogP contribution in [0.4, 0.5) is 13.2 Å². The van der Waals surface area contributed by atoms with E-state index >= 15 is 0 Å². The lowest BCUT2D eigenvalue weighted by atomic mass is 10.0. The minimum absolute atomic E-state index is 0.188. The van der Waals surface area contributed by atoms with E-state index in [2.05, 4.69) is 0 Å². The van der Waals surface area contributed by atoms with Crippen molar-refractivity contribution in [2.45, 2.75) is 18.7 Å². The number of fused-ring (bicyclic) bond motifs is 1. The summed E-state index contributed by atoms with van der Waals surface area (Å²) >= 11 is 6.26. The maximum Gasteiger partial charge on any atom is 0.429 e. The number of benzene rings is 2. The Morgan fingerprint density at radius 3 is 2.50 bits per heavy atom. The Kier molecular flexibility index (Phi) is 4.45. The van der Waals surface area contributed by atoms with Crippen molar-refractivity contribution < 1.29 is 22.6 Å². The standard InChI is InChI=1S/C18H14ClF3O2/c1-23-14-5-2-11(3-6-14)8-13-10-16-12(9-15(13)19)4-7-17(24-16)18(20,21)22/h2-7,9-10,17H,8H2,1H3. The molecular weight excluding hydrogens is 341 g/mol. The quantitative estimate of drug-likeness (QED) is 0.747. The molecule has 0 aromatic heterocycles. The van der Waals surface area contributed by atoms with Gasteiger partial charge in [0, 0.05) is 10.6 Å². The van der Waals surface area contributed by atoms with Crippen molar-refractivity contribution in [3.63, 3.8) is 0 Å². The Balaban J connectivity index is 1.87. The zero-order valence-electron chi connectivity index (χ0n) is 12.7. The number of rotatable bonds is 3. The largest absolute Gasteiger partial charge is 0.497 e. The molecule has 1 aliphatic rings. The molecule has 0 saturated heterocycles. The van der Waals surface area contributed by atoms with Crippen LogP contribution in [-0.2, 0) is 6.42 Å². The molecule has 0 spiro atoms. The fourth-order valence-corrected chi connectivity index (χ4v) is 2.72. The second kappa shape index (κ2) is 6.40. The Bertz CT molecular complexity index is 767. The summed E-state index contributed by atoms with van der Waals surface area (Å²) in [5, 5.41) is 0.489. The van der Waals surface area contributed by atoms with Crippen LogP contribution < -0.4 is 9.47 Å². The second-order valence-corrected chi connectivity index (χ2v) is 5.85. The van der Waals surface area contributed by atoms with E-state index in [1.807, 2.05) is 24.3 Å². The maximum absolute atomic E-state index is 12.8. The minimum Gasteiger partial charge on any atom is -0.497 e. The Labute approximate surface area is 142 Å². The van der Waals surface area contributed by atoms with Gasteiger partial charge in [0.2, 0.25) is 6.10 Å². The van der Waals surface area contributed by atoms with Crippen LogP contribution in [0.2, 0.25) is 5.02 Å². The molecule has 0 bridgehead atoms. The number of hydrogen-bond donors (Lipinski definition) is 0. The van der Waals surface area contributed by atoms with Gasteiger partial charge in [0.05, 0.1) is 7.11 Å². The van der Waals surface area contributed by atoms with Gasteiger partial charge in [-0.15, -0.1) is 0 Å². The van der Waals surface area contributed by atoms with Gasteiger partial charge in [-0.05, 0) is 47.9 Å². The van der Waals surface area contributed by atoms with Crippen LogP contribution in [0.25, 0.3) is 6.08 Å². The van der Waals surface area contributed by atoms with Crippen molar-refractivity contribution in [3.05, 3.63) is 64.2 Å². The number of ether oxygens (including phenoxy) is 2. The van der Waals surface area contributed by atoms with Crippen LogP contribution in [0.3, 0.4) is 0 Å². The molecule has 2 nitrogen and oxygen atoms in total. The number of alkyl halides is 3. The van der Waals surface area contributed by atoms with Gasteiger partial charge in [0.15, 0.2) is 0 Å². The zero-order valence-corrected chi connectivity index (χ0v) is 13.5. The molecule has 2 aromatic carbocycles. The normalized spacial score (nSPS) is 16.5. The molecule has 0 radical (unpaired) electrons. The second-order valence-electron chi connectivity index (χ2n) is 5.45. The highest BCUT2D eigenvalue weighted by Gasteiger charge is 2.41. The third-order valence-electron chi connectivity index (χ3n) is 3.76. The SMILES string of the molecule is COc1ccc(Cc2cc3c(cc2Cl)C=CC(C(F)(F)F)O3)cc1. The first kappa shape index (κ1) is 16.7. The average molecular weight is 355 g/mol. The smallest absolute Gasteiger partial charge is 0.429 e. The van der Waals surface area contributed by atoms with E-state index in [1.54, 1.807) is 19.2 Å². The first-order valence-electron chi connectivity index (χ1n) is 7.24. The topological polar surface area (TPSA) is 18.5 Å². The van der Waals surface area contributed by atoms with E-state index < -0.39 is 12.3 Å². The first-order valence-corrected chi connectivity index (χ1v) is 7.61. The highest BCUT2D eigenvalue weighted by molar-refractivity contribution is 6.31. The molecular formula is C18H14ClF3O2. The fourth-order valence-electron chi connectivity index (χ4n) is 2.49. The maximum atomic E-state index is 12.8. The van der Waals surface area contributed by atoms with Crippen molar-refractivity contribution in [2.75, 3.05) is 7.11 Å². The summed E-state index contributed by atoms with van der Waals surface area (Å²) in [7, 11) is 1.58. The first-order chi connectivity index (χ1) is 11.4. The molecule has 6 heteroatoms. The van der Waals surface area contributed by atoms with Crippen molar-refractivity contribution in [1.82, 2.24) is 0 Å². The minimum atomic E-state index is -4.44. The van der Waals surface area contributed by atoms with Crippen LogP contribution in [-0.4, -0.2) is 19.4 Å². The van der Waals surface area contributed by atoms with Gasteiger partial charge >= 0.3 is 6.18 Å². The number of halogens is 4. The van der Waals surface area contributed by atoms with Crippen molar-refractivity contribution in [1.29, 1.82) is 0 Å². The van der Waals surface area contributed by atoms with E-state index in [1.165, 1.54) is 6.08 Å². The molecule has 0 saturated carbocycles. The van der Waals surface area contributed by atoms with Crippen LogP contribution in [0.1, 0.15) is 16.7 Å². The van der Waals surface area contributed by atoms with Gasteiger partial charge in [-0.25, -0.2) is 0 Å². The zero-order chi connectivity index (χ0) is 17.3. The summed E-state index contributed by atoms with van der Waals surface area (Å²) < 4.78 is 48.6. The average Bonchev–Trinajstić information content (AvgIpc) is 2.55. The van der Waals surface area contributed by atoms with E-state index in [0.29, 0.717) is 22.6 Å². The van der Waals surface area contributed by atoms with Gasteiger partial charge in [-0.3, -0.25) is 0 Å². The predicted molar refractivity (Wildman–Crippen MR) is 86.8 cm³/mol. The van der Waals surface area contributed by atoms with Gasteiger partial charge in [0.25, 0.3) is 0 Å². The van der Waals surface area contributed by atoms with Crippen LogP contribution in [0.15, 0.2) is 42.5 Å². The molecule has 1 unspecified atom stereocenters. The molecule has 126 valence electrons.